The SMILES string of the molecule is C#CCCC(O)N1CCCC1. The van der Waals surface area contributed by atoms with Gasteiger partial charge in [0.05, 0.1) is 0 Å². The van der Waals surface area contributed by atoms with Crippen LogP contribution in [0.1, 0.15) is 25.7 Å². The summed E-state index contributed by atoms with van der Waals surface area (Å²) in [4.78, 5) is 2.09. The molecule has 1 rings (SSSR count). The first-order valence-corrected chi connectivity index (χ1v) is 4.20. The summed E-state index contributed by atoms with van der Waals surface area (Å²) in [5, 5.41) is 9.51. The summed E-state index contributed by atoms with van der Waals surface area (Å²) < 4.78 is 0. The molecule has 0 amide bonds. The molecule has 1 aliphatic rings. The second kappa shape index (κ2) is 4.38. The van der Waals surface area contributed by atoms with Gasteiger partial charge in [0.15, 0.2) is 0 Å². The summed E-state index contributed by atoms with van der Waals surface area (Å²) >= 11 is 0. The van der Waals surface area contributed by atoms with Crippen LogP contribution in [0.3, 0.4) is 0 Å². The number of likely N-dealkylation sites (tertiary alicyclic amines) is 1. The van der Waals surface area contributed by atoms with Crippen LogP contribution in [0.4, 0.5) is 0 Å². The fourth-order valence-corrected chi connectivity index (χ4v) is 1.43. The Morgan fingerprint density at radius 1 is 1.45 bits per heavy atom. The molecule has 0 aromatic carbocycles. The van der Waals surface area contributed by atoms with Crippen LogP contribution in [0.15, 0.2) is 0 Å². The normalized spacial score (nSPS) is 21.5. The van der Waals surface area contributed by atoms with Gasteiger partial charge in [0.2, 0.25) is 0 Å². The van der Waals surface area contributed by atoms with E-state index in [9.17, 15) is 5.11 Å². The average Bonchev–Trinajstić information content (AvgIpc) is 2.52. The molecule has 1 fully saturated rings. The largest absolute Gasteiger partial charge is 0.378 e. The van der Waals surface area contributed by atoms with E-state index in [1.54, 1.807) is 0 Å². The topological polar surface area (TPSA) is 23.5 Å². The molecule has 62 valence electrons. The first-order chi connectivity index (χ1) is 5.34. The number of hydrogen-bond donors (Lipinski definition) is 1. The second-order valence-electron chi connectivity index (χ2n) is 2.97. The lowest BCUT2D eigenvalue weighted by Gasteiger charge is -2.21. The Bertz CT molecular complexity index is 144. The third-order valence-corrected chi connectivity index (χ3v) is 2.11. The lowest BCUT2D eigenvalue weighted by molar-refractivity contribution is 0.0153. The fourth-order valence-electron chi connectivity index (χ4n) is 1.43. The van der Waals surface area contributed by atoms with Crippen LogP contribution in [-0.2, 0) is 0 Å². The van der Waals surface area contributed by atoms with Gasteiger partial charge in [-0.15, -0.1) is 12.3 Å². The van der Waals surface area contributed by atoms with Gasteiger partial charge in [-0.3, -0.25) is 4.90 Å². The van der Waals surface area contributed by atoms with E-state index in [0.717, 1.165) is 19.5 Å². The van der Waals surface area contributed by atoms with Crippen LogP contribution in [-0.4, -0.2) is 29.3 Å². The highest BCUT2D eigenvalue weighted by molar-refractivity contribution is 4.84. The van der Waals surface area contributed by atoms with Crippen molar-refractivity contribution in [1.29, 1.82) is 0 Å². The van der Waals surface area contributed by atoms with Gasteiger partial charge in [0.25, 0.3) is 0 Å². The fraction of sp³-hybridized carbons (Fsp3) is 0.778. The van der Waals surface area contributed by atoms with Crippen molar-refractivity contribution in [1.82, 2.24) is 4.90 Å². The molecule has 0 aromatic rings. The Hall–Kier alpha value is -0.520. The number of hydrogen-bond acceptors (Lipinski definition) is 2. The van der Waals surface area contributed by atoms with Crippen molar-refractivity contribution >= 4 is 0 Å². The molecule has 1 N–H and O–H groups in total. The molecule has 0 bridgehead atoms. The van der Waals surface area contributed by atoms with E-state index < -0.39 is 0 Å². The third kappa shape index (κ3) is 2.53. The maximum atomic E-state index is 9.51. The molecular formula is C9H15NO. The molecule has 0 aromatic heterocycles. The summed E-state index contributed by atoms with van der Waals surface area (Å²) in [5.74, 6) is 2.54. The van der Waals surface area contributed by atoms with Gasteiger partial charge in [-0.2, -0.15) is 0 Å². The number of rotatable bonds is 3. The lowest BCUT2D eigenvalue weighted by Crippen LogP contribution is -2.32. The van der Waals surface area contributed by atoms with Gasteiger partial charge in [-0.1, -0.05) is 0 Å². The molecule has 1 heterocycles. The number of terminal acetylenes is 1. The highest BCUT2D eigenvalue weighted by atomic mass is 16.3. The van der Waals surface area contributed by atoms with Crippen LogP contribution in [0, 0.1) is 12.3 Å². The quantitative estimate of drug-likeness (QED) is 0.607. The number of aliphatic hydroxyl groups excluding tert-OH is 1. The van der Waals surface area contributed by atoms with Crippen molar-refractivity contribution in [3.63, 3.8) is 0 Å². The summed E-state index contributed by atoms with van der Waals surface area (Å²) in [6.45, 7) is 2.07. The highest BCUT2D eigenvalue weighted by Gasteiger charge is 2.18. The summed E-state index contributed by atoms with van der Waals surface area (Å²) in [6.07, 6.45) is 8.63. The van der Waals surface area contributed by atoms with Gasteiger partial charge in [0, 0.05) is 19.5 Å². The minimum atomic E-state index is -0.298. The predicted molar refractivity (Wildman–Crippen MR) is 44.9 cm³/mol. The molecule has 2 nitrogen and oxygen atoms in total. The zero-order valence-electron chi connectivity index (χ0n) is 6.79. The minimum absolute atomic E-state index is 0.298. The Labute approximate surface area is 68.2 Å². The van der Waals surface area contributed by atoms with Crippen LogP contribution < -0.4 is 0 Å². The van der Waals surface area contributed by atoms with Crippen molar-refractivity contribution in [3.05, 3.63) is 0 Å². The summed E-state index contributed by atoms with van der Waals surface area (Å²) in [7, 11) is 0. The second-order valence-corrected chi connectivity index (χ2v) is 2.97. The Balaban J connectivity index is 2.18. The first kappa shape index (κ1) is 8.58. The molecule has 0 spiro atoms. The van der Waals surface area contributed by atoms with Crippen LogP contribution >= 0.6 is 0 Å². The average molecular weight is 153 g/mol. The maximum Gasteiger partial charge on any atom is 0.108 e. The van der Waals surface area contributed by atoms with Crippen molar-refractivity contribution in [2.75, 3.05) is 13.1 Å². The maximum absolute atomic E-state index is 9.51. The van der Waals surface area contributed by atoms with Crippen LogP contribution in [0.25, 0.3) is 0 Å². The van der Waals surface area contributed by atoms with Gasteiger partial charge in [-0.05, 0) is 19.3 Å². The molecule has 0 radical (unpaired) electrons. The number of aliphatic hydroxyl groups is 1. The molecule has 1 aliphatic heterocycles. The van der Waals surface area contributed by atoms with Crippen LogP contribution in [0.5, 0.6) is 0 Å². The van der Waals surface area contributed by atoms with Crippen molar-refractivity contribution in [3.8, 4) is 12.3 Å². The molecule has 0 aliphatic carbocycles. The van der Waals surface area contributed by atoms with E-state index >= 15 is 0 Å². The van der Waals surface area contributed by atoms with E-state index in [-0.39, 0.29) is 6.23 Å². The van der Waals surface area contributed by atoms with E-state index in [0.29, 0.717) is 6.42 Å². The molecule has 0 saturated carbocycles. The predicted octanol–water partition coefficient (Wildman–Crippen LogP) is 0.814. The highest BCUT2D eigenvalue weighted by Crippen LogP contribution is 2.12. The zero-order valence-corrected chi connectivity index (χ0v) is 6.79. The molecule has 1 saturated heterocycles. The van der Waals surface area contributed by atoms with Gasteiger partial charge >= 0.3 is 0 Å². The zero-order chi connectivity index (χ0) is 8.10. The third-order valence-electron chi connectivity index (χ3n) is 2.11. The van der Waals surface area contributed by atoms with E-state index in [1.807, 2.05) is 0 Å². The lowest BCUT2D eigenvalue weighted by atomic mass is 10.3. The van der Waals surface area contributed by atoms with Crippen LogP contribution in [0.2, 0.25) is 0 Å². The monoisotopic (exact) mass is 153 g/mol. The number of nitrogens with zero attached hydrogens (tertiary/aromatic N) is 1. The van der Waals surface area contributed by atoms with Crippen molar-refractivity contribution in [2.24, 2.45) is 0 Å². The van der Waals surface area contributed by atoms with E-state index in [1.165, 1.54) is 12.8 Å². The smallest absolute Gasteiger partial charge is 0.108 e. The first-order valence-electron chi connectivity index (χ1n) is 4.20. The summed E-state index contributed by atoms with van der Waals surface area (Å²) in [5.41, 5.74) is 0. The Morgan fingerprint density at radius 3 is 2.64 bits per heavy atom. The molecule has 11 heavy (non-hydrogen) atoms. The van der Waals surface area contributed by atoms with Gasteiger partial charge in [0.1, 0.15) is 6.23 Å². The molecule has 1 unspecified atom stereocenters. The van der Waals surface area contributed by atoms with Crippen molar-refractivity contribution in [2.45, 2.75) is 31.9 Å². The van der Waals surface area contributed by atoms with Gasteiger partial charge < -0.3 is 5.11 Å². The summed E-state index contributed by atoms with van der Waals surface area (Å²) in [6, 6.07) is 0. The Kier molecular flexibility index (Phi) is 3.41. The Morgan fingerprint density at radius 2 is 2.09 bits per heavy atom. The van der Waals surface area contributed by atoms with Gasteiger partial charge in [-0.25, -0.2) is 0 Å². The standard InChI is InChI=1S/C9H15NO/c1-2-3-6-9(11)10-7-4-5-8-10/h1,9,11H,3-8H2. The van der Waals surface area contributed by atoms with E-state index in [4.69, 9.17) is 6.42 Å². The molecule has 2 heteroatoms. The molecular weight excluding hydrogens is 138 g/mol. The minimum Gasteiger partial charge on any atom is -0.378 e. The van der Waals surface area contributed by atoms with Crippen molar-refractivity contribution < 1.29 is 5.11 Å². The molecule has 1 atom stereocenters. The van der Waals surface area contributed by atoms with E-state index in [2.05, 4.69) is 10.8 Å².